The molecule has 30 heavy (non-hydrogen) atoms. The third-order valence-electron chi connectivity index (χ3n) is 5.33. The lowest BCUT2D eigenvalue weighted by Gasteiger charge is -2.31. The quantitative estimate of drug-likeness (QED) is 0.604. The predicted octanol–water partition coefficient (Wildman–Crippen LogP) is 3.88. The molecule has 0 spiro atoms. The number of nitrogens with zero attached hydrogens (tertiary/aromatic N) is 1. The summed E-state index contributed by atoms with van der Waals surface area (Å²) < 4.78 is 11.8. The smallest absolute Gasteiger partial charge is 0.255 e. The summed E-state index contributed by atoms with van der Waals surface area (Å²) in [6.45, 7) is 5.36. The fourth-order valence-electron chi connectivity index (χ4n) is 3.55. The predicted molar refractivity (Wildman–Crippen MR) is 120 cm³/mol. The molecule has 2 aromatic rings. The van der Waals surface area contributed by atoms with Crippen LogP contribution in [0.3, 0.4) is 0 Å². The van der Waals surface area contributed by atoms with E-state index >= 15 is 0 Å². The number of likely N-dealkylation sites (N-methyl/N-ethyl adjacent to an activating group) is 1. The van der Waals surface area contributed by atoms with E-state index in [2.05, 4.69) is 33.2 Å². The first-order chi connectivity index (χ1) is 14.4. The van der Waals surface area contributed by atoms with E-state index in [1.165, 1.54) is 0 Å². The fourth-order valence-corrected chi connectivity index (χ4v) is 4.12. The van der Waals surface area contributed by atoms with E-state index in [0.29, 0.717) is 23.7 Å². The summed E-state index contributed by atoms with van der Waals surface area (Å²) in [7, 11) is 2.13. The Labute approximate surface area is 186 Å². The molecule has 1 heterocycles. The van der Waals surface area contributed by atoms with Crippen molar-refractivity contribution in [3.05, 3.63) is 57.6 Å². The minimum absolute atomic E-state index is 0.0520. The molecule has 0 bridgehead atoms. The van der Waals surface area contributed by atoms with Crippen LogP contribution in [0.15, 0.2) is 40.9 Å². The van der Waals surface area contributed by atoms with Crippen LogP contribution in [0.4, 0.5) is 0 Å². The summed E-state index contributed by atoms with van der Waals surface area (Å²) in [6, 6.07) is 11.7. The lowest BCUT2D eigenvalue weighted by Crippen LogP contribution is -2.38. The number of benzene rings is 2. The Balaban J connectivity index is 1.50. The van der Waals surface area contributed by atoms with Gasteiger partial charge in [-0.25, -0.2) is 0 Å². The maximum absolute atomic E-state index is 12.5. The zero-order valence-corrected chi connectivity index (χ0v) is 19.1. The molecule has 1 aliphatic heterocycles. The average molecular weight is 477 g/mol. The summed E-state index contributed by atoms with van der Waals surface area (Å²) in [5, 5.41) is 13.0. The lowest BCUT2D eigenvalue weighted by molar-refractivity contribution is 0.0392. The second kappa shape index (κ2) is 10.8. The molecule has 0 atom stereocenters. The number of phenolic OH excluding ortho intramolecular Hbond substituents is 1. The van der Waals surface area contributed by atoms with Gasteiger partial charge in [0.05, 0.1) is 10.0 Å². The average Bonchev–Trinajstić information content (AvgIpc) is 2.75. The number of aryl methyl sites for hydroxylation is 1. The van der Waals surface area contributed by atoms with Gasteiger partial charge < -0.3 is 19.9 Å². The molecule has 7 heteroatoms. The minimum Gasteiger partial charge on any atom is -0.506 e. The van der Waals surface area contributed by atoms with Crippen molar-refractivity contribution < 1.29 is 19.4 Å². The largest absolute Gasteiger partial charge is 0.506 e. The zero-order valence-electron chi connectivity index (χ0n) is 17.5. The summed E-state index contributed by atoms with van der Waals surface area (Å²) in [6.07, 6.45) is 2.14. The van der Waals surface area contributed by atoms with E-state index in [4.69, 9.17) is 9.47 Å². The third kappa shape index (κ3) is 6.20. The van der Waals surface area contributed by atoms with Crippen molar-refractivity contribution in [1.29, 1.82) is 0 Å². The number of phenols is 1. The monoisotopic (exact) mass is 476 g/mol. The van der Waals surface area contributed by atoms with Crippen LogP contribution < -0.4 is 10.1 Å². The Morgan fingerprint density at radius 2 is 2.07 bits per heavy atom. The molecule has 2 aromatic carbocycles. The molecule has 0 unspecified atom stereocenters. The Kier molecular flexibility index (Phi) is 8.13. The number of halogens is 1. The number of hydrogen-bond donors (Lipinski definition) is 2. The molecule has 0 aliphatic carbocycles. The van der Waals surface area contributed by atoms with Crippen LogP contribution in [-0.2, 0) is 11.3 Å². The highest BCUT2D eigenvalue weighted by molar-refractivity contribution is 9.10. The van der Waals surface area contributed by atoms with E-state index in [1.54, 1.807) is 12.1 Å². The van der Waals surface area contributed by atoms with Crippen LogP contribution >= 0.6 is 15.9 Å². The van der Waals surface area contributed by atoms with Gasteiger partial charge in [0.1, 0.15) is 18.1 Å². The van der Waals surface area contributed by atoms with Crippen molar-refractivity contribution >= 4 is 21.8 Å². The van der Waals surface area contributed by atoms with Crippen molar-refractivity contribution in [1.82, 2.24) is 10.2 Å². The normalized spacial score (nSPS) is 14.7. The molecule has 0 aromatic heterocycles. The van der Waals surface area contributed by atoms with Gasteiger partial charge in [0, 0.05) is 32.3 Å². The fraction of sp³-hybridized carbons (Fsp3) is 0.435. The van der Waals surface area contributed by atoms with Gasteiger partial charge in [-0.1, -0.05) is 12.1 Å². The van der Waals surface area contributed by atoms with Crippen LogP contribution in [0.1, 0.15) is 34.3 Å². The topological polar surface area (TPSA) is 71.0 Å². The molecule has 0 saturated carbocycles. The number of hydrogen-bond acceptors (Lipinski definition) is 5. The Morgan fingerprint density at radius 1 is 1.30 bits per heavy atom. The lowest BCUT2D eigenvalue weighted by atomic mass is 10.1. The molecule has 0 radical (unpaired) electrons. The maximum Gasteiger partial charge on any atom is 0.255 e. The molecular formula is C23H29BrN2O4. The number of ether oxygens (including phenoxy) is 2. The molecule has 2 N–H and O–H groups in total. The molecule has 1 aliphatic rings. The van der Waals surface area contributed by atoms with E-state index in [0.717, 1.165) is 49.5 Å². The standard InChI is InChI=1S/C23H29BrN2O4/c1-16-12-20(22(27)21(24)13-16)23(28)25-15-17-4-3-5-19(14-17)30-11-8-26(2)18-6-9-29-10-7-18/h3-5,12-14,18,27H,6-11,15H2,1-2H3,(H,25,28). The van der Waals surface area contributed by atoms with Crippen molar-refractivity contribution in [3.8, 4) is 11.5 Å². The van der Waals surface area contributed by atoms with E-state index in [9.17, 15) is 9.90 Å². The highest BCUT2D eigenvalue weighted by atomic mass is 79.9. The van der Waals surface area contributed by atoms with Gasteiger partial charge >= 0.3 is 0 Å². The first-order valence-corrected chi connectivity index (χ1v) is 11.0. The van der Waals surface area contributed by atoms with Crippen LogP contribution in [0.25, 0.3) is 0 Å². The van der Waals surface area contributed by atoms with Crippen molar-refractivity contribution in [2.45, 2.75) is 32.4 Å². The third-order valence-corrected chi connectivity index (χ3v) is 5.94. The van der Waals surface area contributed by atoms with E-state index in [1.807, 2.05) is 31.2 Å². The van der Waals surface area contributed by atoms with E-state index < -0.39 is 0 Å². The van der Waals surface area contributed by atoms with Crippen LogP contribution in [0.5, 0.6) is 11.5 Å². The second-order valence-electron chi connectivity index (χ2n) is 7.65. The van der Waals surface area contributed by atoms with Crippen molar-refractivity contribution in [2.75, 3.05) is 33.4 Å². The second-order valence-corrected chi connectivity index (χ2v) is 8.50. The highest BCUT2D eigenvalue weighted by Crippen LogP contribution is 2.29. The molecule has 1 fully saturated rings. The van der Waals surface area contributed by atoms with Crippen LogP contribution in [0, 0.1) is 6.92 Å². The number of aromatic hydroxyl groups is 1. The van der Waals surface area contributed by atoms with Gasteiger partial charge in [-0.05, 0) is 78.1 Å². The van der Waals surface area contributed by atoms with Crippen molar-refractivity contribution in [3.63, 3.8) is 0 Å². The molecule has 3 rings (SSSR count). The number of amides is 1. The Hall–Kier alpha value is -2.09. The molecule has 6 nitrogen and oxygen atoms in total. The molecule has 1 saturated heterocycles. The van der Waals surface area contributed by atoms with Gasteiger partial charge in [-0.3, -0.25) is 9.69 Å². The maximum atomic E-state index is 12.5. The zero-order chi connectivity index (χ0) is 21.5. The first-order valence-electron chi connectivity index (χ1n) is 10.2. The minimum atomic E-state index is -0.318. The van der Waals surface area contributed by atoms with E-state index in [-0.39, 0.29) is 17.2 Å². The number of carbonyl (C=O) groups excluding carboxylic acids is 1. The first kappa shape index (κ1) is 22.6. The highest BCUT2D eigenvalue weighted by Gasteiger charge is 2.18. The van der Waals surface area contributed by atoms with Crippen LogP contribution in [-0.4, -0.2) is 55.4 Å². The SMILES string of the molecule is Cc1cc(Br)c(O)c(C(=O)NCc2cccc(OCCN(C)C3CCOCC3)c2)c1. The molecule has 1 amide bonds. The van der Waals surface area contributed by atoms with Gasteiger partial charge in [-0.2, -0.15) is 0 Å². The van der Waals surface area contributed by atoms with Gasteiger partial charge in [0.2, 0.25) is 0 Å². The van der Waals surface area contributed by atoms with Gasteiger partial charge in [0.15, 0.2) is 0 Å². The summed E-state index contributed by atoms with van der Waals surface area (Å²) in [5.41, 5.74) is 2.08. The van der Waals surface area contributed by atoms with Crippen molar-refractivity contribution in [2.24, 2.45) is 0 Å². The van der Waals surface area contributed by atoms with Crippen LogP contribution in [0.2, 0.25) is 0 Å². The Bertz CT molecular complexity index is 868. The number of rotatable bonds is 8. The summed E-state index contributed by atoms with van der Waals surface area (Å²) in [4.78, 5) is 14.8. The number of nitrogens with one attached hydrogen (secondary N) is 1. The molecular weight excluding hydrogens is 448 g/mol. The Morgan fingerprint density at radius 3 is 2.83 bits per heavy atom. The van der Waals surface area contributed by atoms with Gasteiger partial charge in [0.25, 0.3) is 5.91 Å². The number of carbonyl (C=O) groups is 1. The summed E-state index contributed by atoms with van der Waals surface area (Å²) >= 11 is 3.27. The van der Waals surface area contributed by atoms with Gasteiger partial charge in [-0.15, -0.1) is 0 Å². The molecule has 162 valence electrons. The summed E-state index contributed by atoms with van der Waals surface area (Å²) in [5.74, 6) is 0.411.